The van der Waals surface area contributed by atoms with E-state index in [2.05, 4.69) is 34.9 Å². The van der Waals surface area contributed by atoms with Gasteiger partial charge < -0.3 is 15.4 Å². The van der Waals surface area contributed by atoms with E-state index in [0.29, 0.717) is 12.5 Å². The number of piperidine rings is 1. The summed E-state index contributed by atoms with van der Waals surface area (Å²) in [5.41, 5.74) is 2.15. The van der Waals surface area contributed by atoms with Gasteiger partial charge in [-0.25, -0.2) is 0 Å². The van der Waals surface area contributed by atoms with Crippen molar-refractivity contribution in [2.45, 2.75) is 31.2 Å². The van der Waals surface area contributed by atoms with Crippen molar-refractivity contribution in [3.8, 4) is 0 Å². The number of hydrogen-bond donors (Lipinski definition) is 2. The summed E-state index contributed by atoms with van der Waals surface area (Å²) in [6.45, 7) is 3.54. The first-order valence-electron chi connectivity index (χ1n) is 8.93. The molecule has 2 saturated heterocycles. The van der Waals surface area contributed by atoms with Crippen LogP contribution in [-0.2, 0) is 4.74 Å². The highest BCUT2D eigenvalue weighted by Crippen LogP contribution is 2.31. The van der Waals surface area contributed by atoms with Crippen LogP contribution in [0.4, 0.5) is 0 Å². The molecule has 4 nitrogen and oxygen atoms in total. The van der Waals surface area contributed by atoms with Crippen LogP contribution in [0.5, 0.6) is 0 Å². The SMILES string of the molecule is Cl.O=C(NC1CCOC1)c1ccc2c(C3CCNCC3)cccc2c1. The van der Waals surface area contributed by atoms with Crippen LogP contribution in [0.2, 0.25) is 0 Å². The summed E-state index contributed by atoms with van der Waals surface area (Å²) in [5.74, 6) is 0.616. The first-order chi connectivity index (χ1) is 11.8. The molecular weight excluding hydrogens is 336 g/mol. The van der Waals surface area contributed by atoms with Gasteiger partial charge in [0.15, 0.2) is 0 Å². The third-order valence-electron chi connectivity index (χ3n) is 5.22. The second kappa shape index (κ2) is 8.17. The van der Waals surface area contributed by atoms with Crippen molar-refractivity contribution < 1.29 is 9.53 Å². The molecule has 0 bridgehead atoms. The van der Waals surface area contributed by atoms with E-state index in [1.54, 1.807) is 0 Å². The fraction of sp³-hybridized carbons (Fsp3) is 0.450. The van der Waals surface area contributed by atoms with Crippen molar-refractivity contribution in [3.63, 3.8) is 0 Å². The normalized spacial score (nSPS) is 21.0. The molecule has 0 spiro atoms. The number of carbonyl (C=O) groups excluding carboxylic acids is 1. The lowest BCUT2D eigenvalue weighted by Gasteiger charge is -2.24. The fourth-order valence-electron chi connectivity index (χ4n) is 3.86. The van der Waals surface area contributed by atoms with E-state index in [0.717, 1.165) is 37.1 Å². The molecule has 2 aliphatic rings. The molecule has 4 rings (SSSR count). The number of amides is 1. The molecule has 0 radical (unpaired) electrons. The summed E-state index contributed by atoms with van der Waals surface area (Å²) in [5, 5.41) is 8.93. The molecule has 0 saturated carbocycles. The number of rotatable bonds is 3. The number of benzene rings is 2. The molecule has 5 heteroatoms. The zero-order valence-electron chi connectivity index (χ0n) is 14.3. The molecule has 1 atom stereocenters. The third kappa shape index (κ3) is 3.97. The smallest absolute Gasteiger partial charge is 0.251 e. The molecule has 2 aromatic rings. The molecule has 0 aromatic heterocycles. The number of hydrogen-bond acceptors (Lipinski definition) is 3. The third-order valence-corrected chi connectivity index (χ3v) is 5.22. The van der Waals surface area contributed by atoms with Crippen LogP contribution in [0, 0.1) is 0 Å². The van der Waals surface area contributed by atoms with Crippen molar-refractivity contribution in [3.05, 3.63) is 47.5 Å². The van der Waals surface area contributed by atoms with Crippen LogP contribution in [-0.4, -0.2) is 38.3 Å². The Balaban J connectivity index is 0.00000182. The average molecular weight is 361 g/mol. The minimum atomic E-state index is -0.000306. The van der Waals surface area contributed by atoms with Gasteiger partial charge in [-0.05, 0) is 66.7 Å². The van der Waals surface area contributed by atoms with Gasteiger partial charge in [-0.1, -0.05) is 24.3 Å². The Hall–Kier alpha value is -1.62. The van der Waals surface area contributed by atoms with E-state index < -0.39 is 0 Å². The molecule has 134 valence electrons. The van der Waals surface area contributed by atoms with Crippen LogP contribution >= 0.6 is 12.4 Å². The van der Waals surface area contributed by atoms with Gasteiger partial charge in [-0.2, -0.15) is 0 Å². The highest BCUT2D eigenvalue weighted by Gasteiger charge is 2.20. The van der Waals surface area contributed by atoms with Crippen molar-refractivity contribution in [1.82, 2.24) is 10.6 Å². The Kier molecular flexibility index (Phi) is 5.94. The highest BCUT2D eigenvalue weighted by molar-refractivity contribution is 5.99. The van der Waals surface area contributed by atoms with Crippen LogP contribution in [0.15, 0.2) is 36.4 Å². The molecule has 2 aromatic carbocycles. The highest BCUT2D eigenvalue weighted by atomic mass is 35.5. The van der Waals surface area contributed by atoms with Crippen LogP contribution < -0.4 is 10.6 Å². The van der Waals surface area contributed by atoms with Gasteiger partial charge in [0.1, 0.15) is 0 Å². The number of fused-ring (bicyclic) bond motifs is 1. The summed E-state index contributed by atoms with van der Waals surface area (Å²) >= 11 is 0. The maximum absolute atomic E-state index is 12.5. The van der Waals surface area contributed by atoms with Crippen LogP contribution in [0.3, 0.4) is 0 Å². The topological polar surface area (TPSA) is 50.4 Å². The minimum absolute atomic E-state index is 0. The van der Waals surface area contributed by atoms with E-state index in [1.807, 2.05) is 12.1 Å². The van der Waals surface area contributed by atoms with Crippen LogP contribution in [0.25, 0.3) is 10.8 Å². The van der Waals surface area contributed by atoms with Crippen molar-refractivity contribution >= 4 is 29.1 Å². The second-order valence-electron chi connectivity index (χ2n) is 6.84. The Labute approximate surface area is 154 Å². The van der Waals surface area contributed by atoms with Crippen molar-refractivity contribution in [2.75, 3.05) is 26.3 Å². The Bertz CT molecular complexity index is 738. The maximum atomic E-state index is 12.5. The van der Waals surface area contributed by atoms with E-state index in [1.165, 1.54) is 23.8 Å². The number of nitrogens with one attached hydrogen (secondary N) is 2. The molecule has 2 heterocycles. The molecule has 0 aliphatic carbocycles. The summed E-state index contributed by atoms with van der Waals surface area (Å²) in [6.07, 6.45) is 3.27. The van der Waals surface area contributed by atoms with Gasteiger partial charge in [0.25, 0.3) is 5.91 Å². The summed E-state index contributed by atoms with van der Waals surface area (Å²) in [6, 6.07) is 12.7. The fourth-order valence-corrected chi connectivity index (χ4v) is 3.86. The second-order valence-corrected chi connectivity index (χ2v) is 6.84. The maximum Gasteiger partial charge on any atom is 0.251 e. The van der Waals surface area contributed by atoms with Gasteiger partial charge in [0.05, 0.1) is 12.6 Å². The van der Waals surface area contributed by atoms with E-state index >= 15 is 0 Å². The minimum Gasteiger partial charge on any atom is -0.379 e. The number of halogens is 1. The zero-order chi connectivity index (χ0) is 16.4. The van der Waals surface area contributed by atoms with Gasteiger partial charge in [0.2, 0.25) is 0 Å². The summed E-state index contributed by atoms with van der Waals surface area (Å²) in [7, 11) is 0. The number of ether oxygens (including phenoxy) is 1. The quantitative estimate of drug-likeness (QED) is 0.883. The zero-order valence-corrected chi connectivity index (χ0v) is 15.1. The molecular formula is C20H25ClN2O2. The molecule has 2 N–H and O–H groups in total. The molecule has 1 unspecified atom stereocenters. The standard InChI is InChI=1S/C20H24N2O2.ClH/c23-20(22-17-8-11-24-13-17)16-4-5-19-15(12-16)2-1-3-18(19)14-6-9-21-10-7-14;/h1-5,12,14,17,21H,6-11,13H2,(H,22,23);1H. The van der Waals surface area contributed by atoms with Gasteiger partial charge in [-0.15, -0.1) is 12.4 Å². The lowest BCUT2D eigenvalue weighted by molar-refractivity contribution is 0.0930. The van der Waals surface area contributed by atoms with Gasteiger partial charge in [-0.3, -0.25) is 4.79 Å². The predicted octanol–water partition coefficient (Wildman–Crippen LogP) is 3.25. The average Bonchev–Trinajstić information content (AvgIpc) is 3.14. The van der Waals surface area contributed by atoms with E-state index in [9.17, 15) is 4.79 Å². The monoisotopic (exact) mass is 360 g/mol. The number of carbonyl (C=O) groups is 1. The van der Waals surface area contributed by atoms with Crippen molar-refractivity contribution in [2.24, 2.45) is 0 Å². The first-order valence-corrected chi connectivity index (χ1v) is 8.93. The molecule has 1 amide bonds. The first kappa shape index (κ1) is 18.2. The Morgan fingerprint density at radius 1 is 1.12 bits per heavy atom. The van der Waals surface area contributed by atoms with E-state index in [-0.39, 0.29) is 24.4 Å². The molecule has 25 heavy (non-hydrogen) atoms. The largest absolute Gasteiger partial charge is 0.379 e. The molecule has 2 aliphatic heterocycles. The summed E-state index contributed by atoms with van der Waals surface area (Å²) < 4.78 is 5.33. The van der Waals surface area contributed by atoms with Gasteiger partial charge in [0, 0.05) is 12.2 Å². The van der Waals surface area contributed by atoms with E-state index in [4.69, 9.17) is 4.74 Å². The molecule has 2 fully saturated rings. The van der Waals surface area contributed by atoms with Crippen molar-refractivity contribution in [1.29, 1.82) is 0 Å². The Morgan fingerprint density at radius 3 is 2.72 bits per heavy atom. The summed E-state index contributed by atoms with van der Waals surface area (Å²) in [4.78, 5) is 12.5. The Morgan fingerprint density at radius 2 is 1.96 bits per heavy atom. The lowest BCUT2D eigenvalue weighted by atomic mass is 9.86. The van der Waals surface area contributed by atoms with Gasteiger partial charge >= 0.3 is 0 Å². The lowest BCUT2D eigenvalue weighted by Crippen LogP contribution is -2.34. The van der Waals surface area contributed by atoms with Crippen LogP contribution in [0.1, 0.15) is 41.1 Å². The predicted molar refractivity (Wildman–Crippen MR) is 103 cm³/mol.